The zero-order valence-electron chi connectivity index (χ0n) is 13.5. The van der Waals surface area contributed by atoms with Gasteiger partial charge in [-0.25, -0.2) is 9.97 Å². The Morgan fingerprint density at radius 2 is 1.86 bits per heavy atom. The van der Waals surface area contributed by atoms with Gasteiger partial charge in [0.25, 0.3) is 0 Å². The number of hydrogen-bond acceptors (Lipinski definition) is 4. The fraction of sp³-hybridized carbons (Fsp3) is 0.688. The lowest BCUT2D eigenvalue weighted by Gasteiger charge is -2.33. The fourth-order valence-electron chi connectivity index (χ4n) is 2.32. The minimum Gasteiger partial charge on any atom is -0.353 e. The maximum Gasteiger partial charge on any atom is 0.225 e. The monoisotopic (exact) mass is 290 g/mol. The van der Waals surface area contributed by atoms with E-state index in [1.165, 1.54) is 0 Å². The molecule has 0 aliphatic carbocycles. The lowest BCUT2D eigenvalue weighted by Crippen LogP contribution is -2.48. The predicted octanol–water partition coefficient (Wildman–Crippen LogP) is 2.17. The average molecular weight is 290 g/mol. The van der Waals surface area contributed by atoms with Crippen LogP contribution in [-0.4, -0.2) is 35.0 Å². The van der Waals surface area contributed by atoms with Crippen molar-refractivity contribution < 1.29 is 4.79 Å². The topological polar surface area (TPSA) is 58.1 Å². The largest absolute Gasteiger partial charge is 0.353 e. The minimum absolute atomic E-state index is 0.129. The molecule has 2 heterocycles. The number of amides is 1. The van der Waals surface area contributed by atoms with Gasteiger partial charge in [0.15, 0.2) is 0 Å². The number of piperidine rings is 1. The summed E-state index contributed by atoms with van der Waals surface area (Å²) in [5.41, 5.74) is 0.835. The first-order chi connectivity index (χ1) is 9.90. The highest BCUT2D eigenvalue weighted by molar-refractivity contribution is 5.81. The van der Waals surface area contributed by atoms with E-state index < -0.39 is 0 Å². The molecule has 0 aromatic carbocycles. The third kappa shape index (κ3) is 4.16. The zero-order valence-corrected chi connectivity index (χ0v) is 13.5. The number of nitrogens with one attached hydrogen (secondary N) is 1. The second-order valence-corrected chi connectivity index (χ2v) is 6.73. The van der Waals surface area contributed by atoms with Crippen molar-refractivity contribution in [2.24, 2.45) is 5.41 Å². The van der Waals surface area contributed by atoms with Gasteiger partial charge in [0.1, 0.15) is 0 Å². The van der Waals surface area contributed by atoms with Crippen LogP contribution in [0, 0.1) is 5.41 Å². The molecule has 1 N–H and O–H groups in total. The van der Waals surface area contributed by atoms with Crippen molar-refractivity contribution in [2.75, 3.05) is 18.0 Å². The summed E-state index contributed by atoms with van der Waals surface area (Å²) in [5, 5.41) is 3.14. The van der Waals surface area contributed by atoms with Gasteiger partial charge in [0.2, 0.25) is 11.9 Å². The van der Waals surface area contributed by atoms with Gasteiger partial charge in [-0.3, -0.25) is 4.79 Å². The Hall–Kier alpha value is -1.65. The van der Waals surface area contributed by atoms with E-state index in [0.29, 0.717) is 0 Å². The fourth-order valence-corrected chi connectivity index (χ4v) is 2.32. The molecule has 21 heavy (non-hydrogen) atoms. The van der Waals surface area contributed by atoms with Crippen LogP contribution in [0.15, 0.2) is 12.4 Å². The number of aromatic nitrogens is 2. The van der Waals surface area contributed by atoms with Crippen LogP contribution in [0.5, 0.6) is 0 Å². The van der Waals surface area contributed by atoms with E-state index in [-0.39, 0.29) is 17.4 Å². The van der Waals surface area contributed by atoms with Gasteiger partial charge >= 0.3 is 0 Å². The van der Waals surface area contributed by atoms with Crippen molar-refractivity contribution in [3.8, 4) is 0 Å². The molecule has 0 spiro atoms. The SMILES string of the molecule is CCc1cnc(N2CCC(NC(=O)C(C)(C)C)CC2)nc1. The van der Waals surface area contributed by atoms with Crippen LogP contribution in [-0.2, 0) is 11.2 Å². The predicted molar refractivity (Wildman–Crippen MR) is 84.2 cm³/mol. The van der Waals surface area contributed by atoms with Crippen LogP contribution in [0.4, 0.5) is 5.95 Å². The summed E-state index contributed by atoms with van der Waals surface area (Å²) < 4.78 is 0. The Balaban J connectivity index is 1.86. The van der Waals surface area contributed by atoms with Gasteiger partial charge < -0.3 is 10.2 Å². The highest BCUT2D eigenvalue weighted by Crippen LogP contribution is 2.18. The Morgan fingerprint density at radius 1 is 1.29 bits per heavy atom. The maximum atomic E-state index is 12.0. The van der Waals surface area contributed by atoms with Crippen molar-refractivity contribution in [3.63, 3.8) is 0 Å². The number of nitrogens with zero attached hydrogens (tertiary/aromatic N) is 3. The summed E-state index contributed by atoms with van der Waals surface area (Å²) in [6, 6.07) is 0.267. The van der Waals surface area contributed by atoms with Crippen LogP contribution in [0.25, 0.3) is 0 Å². The molecule has 0 radical (unpaired) electrons. The van der Waals surface area contributed by atoms with E-state index in [1.807, 2.05) is 33.2 Å². The molecule has 1 saturated heterocycles. The highest BCUT2D eigenvalue weighted by atomic mass is 16.2. The third-order valence-electron chi connectivity index (χ3n) is 3.89. The smallest absolute Gasteiger partial charge is 0.225 e. The van der Waals surface area contributed by atoms with E-state index >= 15 is 0 Å². The van der Waals surface area contributed by atoms with Gasteiger partial charge in [-0.05, 0) is 24.8 Å². The van der Waals surface area contributed by atoms with Gasteiger partial charge in [0, 0.05) is 36.9 Å². The van der Waals surface area contributed by atoms with E-state index in [4.69, 9.17) is 0 Å². The number of hydrogen-bond donors (Lipinski definition) is 1. The molecule has 5 heteroatoms. The van der Waals surface area contributed by atoms with Gasteiger partial charge in [0.05, 0.1) is 0 Å². The molecule has 2 rings (SSSR count). The number of carbonyl (C=O) groups is 1. The van der Waals surface area contributed by atoms with Crippen LogP contribution < -0.4 is 10.2 Å². The Morgan fingerprint density at radius 3 is 2.33 bits per heavy atom. The standard InChI is InChI=1S/C16H26N4O/c1-5-12-10-17-15(18-11-12)20-8-6-13(7-9-20)19-14(21)16(2,3)4/h10-11,13H,5-9H2,1-4H3,(H,19,21). The molecule has 0 unspecified atom stereocenters. The van der Waals surface area contributed by atoms with Crippen molar-refractivity contribution >= 4 is 11.9 Å². The zero-order chi connectivity index (χ0) is 15.5. The van der Waals surface area contributed by atoms with E-state index in [2.05, 4.69) is 27.1 Å². The van der Waals surface area contributed by atoms with Crippen molar-refractivity contribution in [1.29, 1.82) is 0 Å². The lowest BCUT2D eigenvalue weighted by atomic mass is 9.94. The van der Waals surface area contributed by atoms with E-state index in [1.54, 1.807) is 0 Å². The molecule has 5 nitrogen and oxygen atoms in total. The first-order valence-electron chi connectivity index (χ1n) is 7.77. The first kappa shape index (κ1) is 15.7. The van der Waals surface area contributed by atoms with Crippen LogP contribution in [0.2, 0.25) is 0 Å². The second kappa shape index (κ2) is 6.41. The molecular formula is C16H26N4O. The molecule has 1 aromatic rings. The molecule has 1 aliphatic heterocycles. The average Bonchev–Trinajstić information content (AvgIpc) is 2.47. The second-order valence-electron chi connectivity index (χ2n) is 6.73. The van der Waals surface area contributed by atoms with Gasteiger partial charge in [-0.1, -0.05) is 27.7 Å². The van der Waals surface area contributed by atoms with E-state index in [9.17, 15) is 4.79 Å². The molecule has 116 valence electrons. The number of rotatable bonds is 3. The van der Waals surface area contributed by atoms with Crippen molar-refractivity contribution in [3.05, 3.63) is 18.0 Å². The molecule has 0 saturated carbocycles. The Kier molecular flexibility index (Phi) is 4.80. The summed E-state index contributed by atoms with van der Waals surface area (Å²) in [4.78, 5) is 23.1. The summed E-state index contributed by atoms with van der Waals surface area (Å²) in [6.45, 7) is 9.71. The quantitative estimate of drug-likeness (QED) is 0.927. The molecule has 0 bridgehead atoms. The van der Waals surface area contributed by atoms with Crippen LogP contribution >= 0.6 is 0 Å². The van der Waals surface area contributed by atoms with Gasteiger partial charge in [-0.15, -0.1) is 0 Å². The molecule has 1 fully saturated rings. The summed E-state index contributed by atoms with van der Waals surface area (Å²) in [7, 11) is 0. The third-order valence-corrected chi connectivity index (χ3v) is 3.89. The van der Waals surface area contributed by atoms with Crippen LogP contribution in [0.3, 0.4) is 0 Å². The molecular weight excluding hydrogens is 264 g/mol. The number of aryl methyl sites for hydroxylation is 1. The van der Waals surface area contributed by atoms with Gasteiger partial charge in [-0.2, -0.15) is 0 Å². The van der Waals surface area contributed by atoms with Crippen molar-refractivity contribution in [2.45, 2.75) is 53.0 Å². The Labute approximate surface area is 127 Å². The minimum atomic E-state index is -0.323. The maximum absolute atomic E-state index is 12.0. The lowest BCUT2D eigenvalue weighted by molar-refractivity contribution is -0.129. The number of carbonyl (C=O) groups excluding carboxylic acids is 1. The highest BCUT2D eigenvalue weighted by Gasteiger charge is 2.27. The van der Waals surface area contributed by atoms with Crippen LogP contribution in [0.1, 0.15) is 46.1 Å². The summed E-state index contributed by atoms with van der Waals surface area (Å²) in [5.74, 6) is 0.928. The first-order valence-corrected chi connectivity index (χ1v) is 7.77. The summed E-state index contributed by atoms with van der Waals surface area (Å²) in [6.07, 6.45) is 6.65. The molecule has 1 amide bonds. The molecule has 1 aromatic heterocycles. The molecule has 0 atom stereocenters. The summed E-state index contributed by atoms with van der Waals surface area (Å²) >= 11 is 0. The van der Waals surface area contributed by atoms with E-state index in [0.717, 1.165) is 43.9 Å². The van der Waals surface area contributed by atoms with Crippen molar-refractivity contribution in [1.82, 2.24) is 15.3 Å². The molecule has 1 aliphatic rings. The number of anilines is 1. The normalized spacial score (nSPS) is 16.9. The Bertz CT molecular complexity index is 470.